The average Bonchev–Trinajstić information content (AvgIpc) is 2.90. The fourth-order valence-electron chi connectivity index (χ4n) is 1.65. The van der Waals surface area contributed by atoms with Crippen molar-refractivity contribution in [1.82, 2.24) is 0 Å². The maximum Gasteiger partial charge on any atom is 0.127 e. The summed E-state index contributed by atoms with van der Waals surface area (Å²) in [7, 11) is 0. The molecule has 2 nitrogen and oxygen atoms in total. The van der Waals surface area contributed by atoms with Gasteiger partial charge in [-0.3, -0.25) is 0 Å². The highest BCUT2D eigenvalue weighted by Gasteiger charge is 2.44. The molecule has 3 N–H and O–H groups in total. The molecule has 0 unspecified atom stereocenters. The highest BCUT2D eigenvalue weighted by Crippen LogP contribution is 2.48. The highest BCUT2D eigenvalue weighted by molar-refractivity contribution is 5.38. The second-order valence-electron chi connectivity index (χ2n) is 3.65. The number of halogens is 1. The Balaban J connectivity index is 2.44. The second-order valence-corrected chi connectivity index (χ2v) is 3.65. The van der Waals surface area contributed by atoms with Crippen molar-refractivity contribution in [1.29, 1.82) is 0 Å². The van der Waals surface area contributed by atoms with E-state index in [1.165, 1.54) is 18.2 Å². The summed E-state index contributed by atoms with van der Waals surface area (Å²) in [6.07, 6.45) is 1.84. The Labute approximate surface area is 76.2 Å². The summed E-state index contributed by atoms with van der Waals surface area (Å²) in [5.41, 5.74) is 5.94. The first-order valence-electron chi connectivity index (χ1n) is 4.37. The number of aromatic hydroxyl groups is 1. The van der Waals surface area contributed by atoms with Crippen LogP contribution in [0.15, 0.2) is 18.2 Å². The van der Waals surface area contributed by atoms with Gasteiger partial charge in [-0.15, -0.1) is 0 Å². The summed E-state index contributed by atoms with van der Waals surface area (Å²) < 4.78 is 13.3. The van der Waals surface area contributed by atoms with E-state index in [4.69, 9.17) is 5.73 Å². The minimum atomic E-state index is -0.263. The van der Waals surface area contributed by atoms with Crippen LogP contribution < -0.4 is 5.73 Å². The molecule has 1 aromatic carbocycles. The van der Waals surface area contributed by atoms with E-state index < -0.39 is 0 Å². The molecule has 0 aromatic heterocycles. The Morgan fingerprint density at radius 2 is 2.15 bits per heavy atom. The summed E-state index contributed by atoms with van der Waals surface area (Å²) >= 11 is 0. The van der Waals surface area contributed by atoms with Gasteiger partial charge in [0.15, 0.2) is 0 Å². The van der Waals surface area contributed by atoms with Gasteiger partial charge in [-0.1, -0.05) is 0 Å². The number of phenolic OH excluding ortho intramolecular Hbond substituents is 1. The van der Waals surface area contributed by atoms with Gasteiger partial charge in [0.05, 0.1) is 0 Å². The van der Waals surface area contributed by atoms with E-state index in [-0.39, 0.29) is 17.0 Å². The van der Waals surface area contributed by atoms with Crippen LogP contribution in [0.25, 0.3) is 0 Å². The zero-order chi connectivity index (χ0) is 9.47. The molecular weight excluding hydrogens is 169 g/mol. The standard InChI is InChI=1S/C10H12FNO/c11-9-2-1-7(13)5-8(9)10(6-12)3-4-10/h1-2,5,13H,3-4,6,12H2. The molecule has 0 bridgehead atoms. The molecule has 0 amide bonds. The fourth-order valence-corrected chi connectivity index (χ4v) is 1.65. The van der Waals surface area contributed by atoms with Gasteiger partial charge in [-0.05, 0) is 36.6 Å². The number of hydrogen-bond donors (Lipinski definition) is 2. The van der Waals surface area contributed by atoms with Gasteiger partial charge in [0.25, 0.3) is 0 Å². The molecule has 1 aliphatic carbocycles. The van der Waals surface area contributed by atoms with E-state index in [2.05, 4.69) is 0 Å². The van der Waals surface area contributed by atoms with Crippen molar-refractivity contribution in [2.75, 3.05) is 6.54 Å². The van der Waals surface area contributed by atoms with E-state index in [0.29, 0.717) is 12.1 Å². The maximum atomic E-state index is 13.3. The molecule has 0 radical (unpaired) electrons. The summed E-state index contributed by atoms with van der Waals surface area (Å²) in [6.45, 7) is 0.452. The minimum absolute atomic E-state index is 0.108. The van der Waals surface area contributed by atoms with Crippen LogP contribution in [0.5, 0.6) is 5.75 Å². The number of benzene rings is 1. The molecule has 13 heavy (non-hydrogen) atoms. The van der Waals surface area contributed by atoms with E-state index in [9.17, 15) is 9.50 Å². The van der Waals surface area contributed by atoms with Gasteiger partial charge in [0.1, 0.15) is 11.6 Å². The molecule has 0 aliphatic heterocycles. The number of phenols is 1. The zero-order valence-electron chi connectivity index (χ0n) is 7.26. The average molecular weight is 181 g/mol. The lowest BCUT2D eigenvalue weighted by Gasteiger charge is -2.13. The van der Waals surface area contributed by atoms with Crippen LogP contribution in [0.2, 0.25) is 0 Å². The van der Waals surface area contributed by atoms with Crippen molar-refractivity contribution in [3.63, 3.8) is 0 Å². The van der Waals surface area contributed by atoms with Crippen LogP contribution in [-0.4, -0.2) is 11.7 Å². The van der Waals surface area contributed by atoms with Gasteiger partial charge in [-0.25, -0.2) is 4.39 Å². The van der Waals surface area contributed by atoms with Crippen molar-refractivity contribution >= 4 is 0 Å². The van der Waals surface area contributed by atoms with E-state index in [0.717, 1.165) is 12.8 Å². The van der Waals surface area contributed by atoms with Crippen molar-refractivity contribution in [3.05, 3.63) is 29.6 Å². The lowest BCUT2D eigenvalue weighted by atomic mass is 9.95. The lowest BCUT2D eigenvalue weighted by Crippen LogP contribution is -2.20. The summed E-state index contributed by atoms with van der Waals surface area (Å²) in [4.78, 5) is 0. The lowest BCUT2D eigenvalue weighted by molar-refractivity contribution is 0.468. The Morgan fingerprint density at radius 3 is 2.69 bits per heavy atom. The quantitative estimate of drug-likeness (QED) is 0.726. The Bertz CT molecular complexity index is 334. The summed E-state index contributed by atoms with van der Waals surface area (Å²) in [6, 6.07) is 4.13. The molecule has 0 heterocycles. The second kappa shape index (κ2) is 2.70. The third-order valence-electron chi connectivity index (χ3n) is 2.77. The van der Waals surface area contributed by atoms with Crippen molar-refractivity contribution < 1.29 is 9.50 Å². The summed E-state index contributed by atoms with van der Waals surface area (Å²) in [5.74, 6) is -0.156. The number of rotatable bonds is 2. The first-order valence-corrected chi connectivity index (χ1v) is 4.37. The monoisotopic (exact) mass is 181 g/mol. The van der Waals surface area contributed by atoms with Crippen LogP contribution in [0, 0.1) is 5.82 Å². The van der Waals surface area contributed by atoms with Crippen molar-refractivity contribution in [2.45, 2.75) is 18.3 Å². The molecule has 1 fully saturated rings. The first kappa shape index (κ1) is 8.51. The van der Waals surface area contributed by atoms with Crippen LogP contribution >= 0.6 is 0 Å². The van der Waals surface area contributed by atoms with Crippen molar-refractivity contribution in [3.8, 4) is 5.75 Å². The minimum Gasteiger partial charge on any atom is -0.508 e. The normalized spacial score (nSPS) is 18.6. The first-order chi connectivity index (χ1) is 6.18. The number of nitrogens with two attached hydrogens (primary N) is 1. The predicted molar refractivity (Wildman–Crippen MR) is 48.0 cm³/mol. The topological polar surface area (TPSA) is 46.2 Å². The van der Waals surface area contributed by atoms with Crippen LogP contribution in [0.4, 0.5) is 4.39 Å². The van der Waals surface area contributed by atoms with Crippen LogP contribution in [0.1, 0.15) is 18.4 Å². The Kier molecular flexibility index (Phi) is 1.77. The van der Waals surface area contributed by atoms with Gasteiger partial charge in [-0.2, -0.15) is 0 Å². The van der Waals surface area contributed by atoms with Crippen LogP contribution in [0.3, 0.4) is 0 Å². The molecule has 70 valence electrons. The smallest absolute Gasteiger partial charge is 0.127 e. The SMILES string of the molecule is NCC1(c2cc(O)ccc2F)CC1. The Morgan fingerprint density at radius 1 is 1.46 bits per heavy atom. The molecule has 0 saturated heterocycles. The molecule has 1 aliphatic rings. The molecule has 0 atom stereocenters. The maximum absolute atomic E-state index is 13.3. The molecule has 2 rings (SSSR count). The summed E-state index contributed by atoms with van der Waals surface area (Å²) in [5, 5.41) is 9.22. The number of hydrogen-bond acceptors (Lipinski definition) is 2. The third-order valence-corrected chi connectivity index (χ3v) is 2.77. The predicted octanol–water partition coefficient (Wildman–Crippen LogP) is 1.52. The zero-order valence-corrected chi connectivity index (χ0v) is 7.26. The highest BCUT2D eigenvalue weighted by atomic mass is 19.1. The fraction of sp³-hybridized carbons (Fsp3) is 0.400. The van der Waals surface area contributed by atoms with Gasteiger partial charge >= 0.3 is 0 Å². The van der Waals surface area contributed by atoms with Gasteiger partial charge < -0.3 is 10.8 Å². The van der Waals surface area contributed by atoms with Gasteiger partial charge in [0, 0.05) is 12.0 Å². The van der Waals surface area contributed by atoms with E-state index in [1.807, 2.05) is 0 Å². The molecule has 1 saturated carbocycles. The molecule has 3 heteroatoms. The molecule has 0 spiro atoms. The largest absolute Gasteiger partial charge is 0.508 e. The third kappa shape index (κ3) is 1.29. The Hall–Kier alpha value is -1.09. The molecule has 1 aromatic rings. The van der Waals surface area contributed by atoms with Gasteiger partial charge in [0.2, 0.25) is 0 Å². The molecular formula is C10H12FNO. The van der Waals surface area contributed by atoms with E-state index in [1.54, 1.807) is 0 Å². The van der Waals surface area contributed by atoms with Crippen LogP contribution in [-0.2, 0) is 5.41 Å². The van der Waals surface area contributed by atoms with Crippen molar-refractivity contribution in [2.24, 2.45) is 5.73 Å². The van der Waals surface area contributed by atoms with E-state index >= 15 is 0 Å².